The van der Waals surface area contributed by atoms with Crippen molar-refractivity contribution in [3.63, 3.8) is 0 Å². The van der Waals surface area contributed by atoms with Gasteiger partial charge in [-0.25, -0.2) is 0 Å². The van der Waals surface area contributed by atoms with E-state index in [2.05, 4.69) is 4.90 Å². The summed E-state index contributed by atoms with van der Waals surface area (Å²) in [4.78, 5) is 14.3. The van der Waals surface area contributed by atoms with Gasteiger partial charge >= 0.3 is 0 Å². The van der Waals surface area contributed by atoms with Gasteiger partial charge in [0.1, 0.15) is 0 Å². The highest BCUT2D eigenvalue weighted by molar-refractivity contribution is 5.77. The fraction of sp³-hybridized carbons (Fsp3) is 0.933. The summed E-state index contributed by atoms with van der Waals surface area (Å²) in [6.07, 6.45) is 7.38. The molecule has 4 fully saturated rings. The summed E-state index contributed by atoms with van der Waals surface area (Å²) < 4.78 is 0.0772. The van der Waals surface area contributed by atoms with Gasteiger partial charge in [0.05, 0.1) is 19.1 Å². The van der Waals surface area contributed by atoms with Crippen LogP contribution in [0.15, 0.2) is 0 Å². The van der Waals surface area contributed by atoms with Gasteiger partial charge in [0.2, 0.25) is 5.91 Å². The van der Waals surface area contributed by atoms with E-state index in [1.807, 2.05) is 0 Å². The van der Waals surface area contributed by atoms with Crippen molar-refractivity contribution in [1.82, 2.24) is 4.90 Å². The summed E-state index contributed by atoms with van der Waals surface area (Å²) in [5.74, 6) is 1.33. The number of hydrogen-bond donors (Lipinski definition) is 0. The van der Waals surface area contributed by atoms with Gasteiger partial charge in [-0.1, -0.05) is 0 Å². The molecule has 4 heteroatoms. The molecule has 1 unspecified atom stereocenters. The molecule has 0 N–H and O–H groups in total. The van der Waals surface area contributed by atoms with Crippen molar-refractivity contribution >= 4 is 5.91 Å². The molecule has 4 aliphatic rings. The van der Waals surface area contributed by atoms with Crippen LogP contribution in [0.5, 0.6) is 0 Å². The third kappa shape index (κ3) is 1.69. The lowest BCUT2D eigenvalue weighted by Crippen LogP contribution is -2.71. The molecule has 0 aromatic heterocycles. The molecule has 0 aliphatic carbocycles. The second kappa shape index (κ2) is 4.19. The van der Waals surface area contributed by atoms with Crippen LogP contribution in [0.4, 0.5) is 0 Å². The molecule has 5 atom stereocenters. The lowest BCUT2D eigenvalue weighted by atomic mass is 9.67. The highest BCUT2D eigenvalue weighted by atomic mass is 16.5. The minimum absolute atomic E-state index is 0.0772. The Morgan fingerprint density at radius 2 is 1.89 bits per heavy atom. The van der Waals surface area contributed by atoms with E-state index in [0.29, 0.717) is 29.8 Å². The first-order valence-corrected chi connectivity index (χ1v) is 8.06. The highest BCUT2D eigenvalue weighted by Gasteiger charge is 2.55. The maximum Gasteiger partial charge on any atom is 0.222 e. The number of rotatable bonds is 0. The van der Waals surface area contributed by atoms with E-state index in [1.165, 1.54) is 12.8 Å². The van der Waals surface area contributed by atoms with Crippen LogP contribution in [0.25, 0.3) is 0 Å². The number of hydroxylamine groups is 3. The zero-order valence-corrected chi connectivity index (χ0v) is 11.6. The first-order chi connectivity index (χ1) is 9.19. The molecule has 0 bridgehead atoms. The molecule has 0 saturated carbocycles. The van der Waals surface area contributed by atoms with Crippen LogP contribution in [0.2, 0.25) is 0 Å². The predicted molar refractivity (Wildman–Crippen MR) is 71.9 cm³/mol. The van der Waals surface area contributed by atoms with Gasteiger partial charge in [-0.15, -0.1) is 0 Å². The molecule has 4 aliphatic heterocycles. The van der Waals surface area contributed by atoms with Crippen molar-refractivity contribution in [2.75, 3.05) is 19.6 Å². The van der Waals surface area contributed by atoms with E-state index >= 15 is 0 Å². The molecule has 0 aromatic carbocycles. The quantitative estimate of drug-likeness (QED) is 0.495. The van der Waals surface area contributed by atoms with Gasteiger partial charge in [0.15, 0.2) is 0 Å². The third-order valence-electron chi connectivity index (χ3n) is 6.19. The molecule has 4 nitrogen and oxygen atoms in total. The van der Waals surface area contributed by atoms with Gasteiger partial charge in [-0.3, -0.25) is 4.79 Å². The average Bonchev–Trinajstić information content (AvgIpc) is 2.40. The normalized spacial score (nSPS) is 49.5. The Balaban J connectivity index is 1.69. The molecule has 0 radical (unpaired) electrons. The smallest absolute Gasteiger partial charge is 0.222 e. The average molecular weight is 264 g/mol. The van der Waals surface area contributed by atoms with Gasteiger partial charge < -0.3 is 14.8 Å². The summed E-state index contributed by atoms with van der Waals surface area (Å²) in [5, 5.41) is 13.1. The van der Waals surface area contributed by atoms with Gasteiger partial charge in [0.25, 0.3) is 0 Å². The van der Waals surface area contributed by atoms with Crippen molar-refractivity contribution in [3.05, 3.63) is 5.21 Å². The molecule has 1 amide bonds. The van der Waals surface area contributed by atoms with Crippen molar-refractivity contribution in [3.8, 4) is 0 Å². The number of fused-ring (bicyclic) bond motifs is 2. The minimum atomic E-state index is 0.0772. The number of amides is 1. The maximum atomic E-state index is 13.1. The first-order valence-electron chi connectivity index (χ1n) is 8.06. The number of carbonyl (C=O) groups is 1. The molecule has 4 saturated heterocycles. The van der Waals surface area contributed by atoms with Crippen LogP contribution >= 0.6 is 0 Å². The van der Waals surface area contributed by atoms with E-state index in [9.17, 15) is 10.0 Å². The van der Waals surface area contributed by atoms with Crippen LogP contribution in [0.3, 0.4) is 0 Å². The van der Waals surface area contributed by atoms with E-state index in [0.717, 1.165) is 51.7 Å². The second-order valence-electron chi connectivity index (χ2n) is 7.10. The summed E-state index contributed by atoms with van der Waals surface area (Å²) >= 11 is 0. The largest absolute Gasteiger partial charge is 0.633 e. The van der Waals surface area contributed by atoms with Gasteiger partial charge in [-0.2, -0.15) is 0 Å². The highest BCUT2D eigenvalue weighted by Crippen LogP contribution is 2.47. The molecule has 0 spiro atoms. The molecule has 4 heterocycles. The van der Waals surface area contributed by atoms with Crippen LogP contribution in [0, 0.1) is 17.0 Å². The SMILES string of the molecule is O=C1CCC[C@@H]2[C@H]3CCC[N+]4([O-])CCC[C@@H](CN12)[C@@H]34. The summed E-state index contributed by atoms with van der Waals surface area (Å²) in [6, 6.07) is 0.710. The lowest BCUT2D eigenvalue weighted by molar-refractivity contribution is -0.925. The first kappa shape index (κ1) is 12.2. The second-order valence-corrected chi connectivity index (χ2v) is 7.10. The van der Waals surface area contributed by atoms with Crippen LogP contribution in [0.1, 0.15) is 44.9 Å². The Bertz CT molecular complexity index is 396. The van der Waals surface area contributed by atoms with E-state index in [4.69, 9.17) is 0 Å². The minimum Gasteiger partial charge on any atom is -0.633 e. The molecule has 19 heavy (non-hydrogen) atoms. The molecular formula is C15H24N2O2. The van der Waals surface area contributed by atoms with Crippen LogP contribution < -0.4 is 0 Å². The standard InChI is InChI=1S/C15H24N2O2/c18-14-7-1-6-13-12-5-3-9-17(19)8-2-4-11(15(12)17)10-16(13)14/h11-13,15H,1-10H2/t11-,12+,13+,15-,17?/m0/s1. The monoisotopic (exact) mass is 264 g/mol. The van der Waals surface area contributed by atoms with Crippen molar-refractivity contribution in [2.45, 2.75) is 57.0 Å². The number of piperidine rings is 4. The Labute approximate surface area is 114 Å². The lowest BCUT2D eigenvalue weighted by Gasteiger charge is -2.64. The topological polar surface area (TPSA) is 43.4 Å². The third-order valence-corrected chi connectivity index (χ3v) is 6.19. The Kier molecular flexibility index (Phi) is 2.68. The summed E-state index contributed by atoms with van der Waals surface area (Å²) in [5.41, 5.74) is 0. The number of carbonyl (C=O) groups excluding carboxylic acids is 1. The summed E-state index contributed by atoms with van der Waals surface area (Å²) in [6.45, 7) is 2.55. The number of quaternary nitrogens is 1. The zero-order chi connectivity index (χ0) is 13.0. The molecule has 106 valence electrons. The molecular weight excluding hydrogens is 240 g/mol. The van der Waals surface area contributed by atoms with Crippen molar-refractivity contribution in [2.24, 2.45) is 11.8 Å². The Hall–Kier alpha value is -0.610. The van der Waals surface area contributed by atoms with E-state index in [-0.39, 0.29) is 4.65 Å². The zero-order valence-electron chi connectivity index (χ0n) is 11.6. The number of nitrogens with zero attached hydrogens (tertiary/aromatic N) is 2. The maximum absolute atomic E-state index is 13.1. The van der Waals surface area contributed by atoms with E-state index < -0.39 is 0 Å². The number of hydrogen-bond acceptors (Lipinski definition) is 2. The van der Waals surface area contributed by atoms with E-state index in [1.54, 1.807) is 0 Å². The van der Waals surface area contributed by atoms with Crippen LogP contribution in [-0.4, -0.2) is 47.2 Å². The Morgan fingerprint density at radius 1 is 1.11 bits per heavy atom. The molecule has 0 aromatic rings. The van der Waals surface area contributed by atoms with Gasteiger partial charge in [-0.05, 0) is 38.5 Å². The van der Waals surface area contributed by atoms with Crippen molar-refractivity contribution < 1.29 is 9.44 Å². The fourth-order valence-corrected chi connectivity index (χ4v) is 5.55. The van der Waals surface area contributed by atoms with Gasteiger partial charge in [0, 0.05) is 30.8 Å². The van der Waals surface area contributed by atoms with Crippen LogP contribution in [-0.2, 0) is 4.79 Å². The fourth-order valence-electron chi connectivity index (χ4n) is 5.55. The Morgan fingerprint density at radius 3 is 2.74 bits per heavy atom. The summed E-state index contributed by atoms with van der Waals surface area (Å²) in [7, 11) is 0. The van der Waals surface area contributed by atoms with Crippen molar-refractivity contribution in [1.29, 1.82) is 0 Å². The molecule has 4 rings (SSSR count). The predicted octanol–water partition coefficient (Wildman–Crippen LogP) is 1.88.